The summed E-state index contributed by atoms with van der Waals surface area (Å²) >= 11 is 7.36. The summed E-state index contributed by atoms with van der Waals surface area (Å²) in [5.74, 6) is -0.549. The number of carbonyl (C=O) groups is 1. The zero-order valence-electron chi connectivity index (χ0n) is 14.7. The number of hydrogen-bond donors (Lipinski definition) is 1. The molecule has 1 aliphatic heterocycles. The smallest absolute Gasteiger partial charge is 0.252 e. The van der Waals surface area contributed by atoms with Gasteiger partial charge in [0.25, 0.3) is 10.0 Å². The van der Waals surface area contributed by atoms with Gasteiger partial charge >= 0.3 is 0 Å². The lowest BCUT2D eigenvalue weighted by atomic mass is 9.98. The third-order valence-electron chi connectivity index (χ3n) is 4.50. The lowest BCUT2D eigenvalue weighted by molar-refractivity contribution is -0.120. The molecule has 3 rings (SSSR count). The summed E-state index contributed by atoms with van der Waals surface area (Å²) in [7, 11) is -3.54. The van der Waals surface area contributed by atoms with E-state index in [1.807, 2.05) is 19.9 Å². The fourth-order valence-corrected chi connectivity index (χ4v) is 6.11. The summed E-state index contributed by atoms with van der Waals surface area (Å²) in [6.45, 7) is 4.41. The number of thiophene rings is 1. The van der Waals surface area contributed by atoms with E-state index in [4.69, 9.17) is 11.6 Å². The van der Waals surface area contributed by atoms with Gasteiger partial charge in [0, 0.05) is 28.7 Å². The van der Waals surface area contributed by atoms with Crippen molar-refractivity contribution in [1.82, 2.24) is 4.31 Å². The monoisotopic (exact) mass is 412 g/mol. The summed E-state index contributed by atoms with van der Waals surface area (Å²) in [4.78, 5) is 13.6. The zero-order valence-corrected chi connectivity index (χ0v) is 17.0. The largest absolute Gasteiger partial charge is 0.326 e. The summed E-state index contributed by atoms with van der Waals surface area (Å²) in [6.07, 6.45) is 1.33. The molecule has 0 spiro atoms. The van der Waals surface area contributed by atoms with Gasteiger partial charge in [-0.2, -0.15) is 4.31 Å². The molecule has 1 aromatic carbocycles. The number of piperidine rings is 1. The fraction of sp³-hybridized carbons (Fsp3) is 0.389. The maximum atomic E-state index is 12.8. The predicted octanol–water partition coefficient (Wildman–Crippen LogP) is 4.06. The van der Waals surface area contributed by atoms with E-state index in [0.29, 0.717) is 34.3 Å². The highest BCUT2D eigenvalue weighted by atomic mass is 35.5. The summed E-state index contributed by atoms with van der Waals surface area (Å²) in [6, 6.07) is 8.78. The minimum absolute atomic E-state index is 0.174. The van der Waals surface area contributed by atoms with Crippen molar-refractivity contribution < 1.29 is 13.2 Å². The predicted molar refractivity (Wildman–Crippen MR) is 105 cm³/mol. The molecule has 26 heavy (non-hydrogen) atoms. The van der Waals surface area contributed by atoms with Gasteiger partial charge in [0.2, 0.25) is 5.91 Å². The second-order valence-corrected chi connectivity index (χ2v) is 10.4. The number of nitrogens with one attached hydrogen (secondary N) is 1. The number of amides is 1. The Balaban J connectivity index is 1.71. The number of rotatable bonds is 4. The van der Waals surface area contributed by atoms with Crippen molar-refractivity contribution >= 4 is 44.6 Å². The molecule has 0 radical (unpaired) electrons. The number of aryl methyl sites for hydroxylation is 2. The molecule has 1 unspecified atom stereocenters. The first kappa shape index (κ1) is 19.4. The van der Waals surface area contributed by atoms with Gasteiger partial charge in [-0.3, -0.25) is 4.79 Å². The van der Waals surface area contributed by atoms with Crippen LogP contribution >= 0.6 is 22.9 Å². The van der Waals surface area contributed by atoms with Gasteiger partial charge in [0.05, 0.1) is 5.92 Å². The van der Waals surface area contributed by atoms with E-state index in [0.717, 1.165) is 10.4 Å². The number of halogens is 1. The first-order valence-corrected chi connectivity index (χ1v) is 11.0. The van der Waals surface area contributed by atoms with Crippen molar-refractivity contribution in [2.45, 2.75) is 30.9 Å². The standard InChI is InChI=1S/C18H21ClN2O3S2/c1-12-5-7-15(10-16(12)19)20-18(22)14-4-3-9-21(11-14)26(23,24)17-8-6-13(2)25-17/h5-8,10,14H,3-4,9,11H2,1-2H3,(H,20,22). The van der Waals surface area contributed by atoms with Gasteiger partial charge in [-0.15, -0.1) is 11.3 Å². The normalized spacial score (nSPS) is 18.7. The van der Waals surface area contributed by atoms with Crippen LogP contribution in [0.15, 0.2) is 34.5 Å². The SMILES string of the molecule is Cc1ccc(S(=O)(=O)N2CCCC(C(=O)Nc3ccc(C)c(Cl)c3)C2)s1. The highest BCUT2D eigenvalue weighted by Gasteiger charge is 2.34. The number of anilines is 1. The van der Waals surface area contributed by atoms with Crippen LogP contribution < -0.4 is 5.32 Å². The summed E-state index contributed by atoms with van der Waals surface area (Å²) < 4.78 is 27.4. The quantitative estimate of drug-likeness (QED) is 0.823. The van der Waals surface area contributed by atoms with Crippen molar-refractivity contribution in [3.8, 4) is 0 Å². The average molecular weight is 413 g/mol. The Labute approximate surface area is 163 Å². The van der Waals surface area contributed by atoms with Gasteiger partial charge in [0.15, 0.2) is 0 Å². The second-order valence-electron chi connectivity index (χ2n) is 6.52. The first-order valence-electron chi connectivity index (χ1n) is 8.41. The average Bonchev–Trinajstić information content (AvgIpc) is 3.05. The van der Waals surface area contributed by atoms with Crippen LogP contribution in [0.3, 0.4) is 0 Å². The highest BCUT2D eigenvalue weighted by Crippen LogP contribution is 2.29. The summed E-state index contributed by atoms with van der Waals surface area (Å²) in [5, 5.41) is 3.44. The number of hydrogen-bond acceptors (Lipinski definition) is 4. The molecule has 1 saturated heterocycles. The van der Waals surface area contributed by atoms with Crippen LogP contribution in [0.5, 0.6) is 0 Å². The van der Waals surface area contributed by atoms with E-state index < -0.39 is 10.0 Å². The van der Waals surface area contributed by atoms with E-state index in [2.05, 4.69) is 5.32 Å². The molecule has 1 aromatic heterocycles. The van der Waals surface area contributed by atoms with E-state index in [1.54, 1.807) is 24.3 Å². The lowest BCUT2D eigenvalue weighted by Gasteiger charge is -2.30. The van der Waals surface area contributed by atoms with Gasteiger partial charge in [-0.25, -0.2) is 8.42 Å². The van der Waals surface area contributed by atoms with Gasteiger partial charge in [-0.1, -0.05) is 17.7 Å². The second kappa shape index (κ2) is 7.68. The molecule has 2 heterocycles. The Bertz CT molecular complexity index is 924. The third-order valence-corrected chi connectivity index (χ3v) is 8.24. The van der Waals surface area contributed by atoms with Crippen LogP contribution in [0, 0.1) is 19.8 Å². The van der Waals surface area contributed by atoms with Gasteiger partial charge in [0.1, 0.15) is 4.21 Å². The summed E-state index contributed by atoms with van der Waals surface area (Å²) in [5.41, 5.74) is 1.56. The maximum absolute atomic E-state index is 12.8. The van der Waals surface area contributed by atoms with E-state index in [1.165, 1.54) is 15.6 Å². The van der Waals surface area contributed by atoms with Crippen molar-refractivity contribution in [2.75, 3.05) is 18.4 Å². The lowest BCUT2D eigenvalue weighted by Crippen LogP contribution is -2.43. The Morgan fingerprint density at radius 1 is 1.27 bits per heavy atom. The molecule has 0 bridgehead atoms. The molecular weight excluding hydrogens is 392 g/mol. The minimum Gasteiger partial charge on any atom is -0.326 e. The molecular formula is C18H21ClN2O3S2. The molecule has 1 fully saturated rings. The van der Waals surface area contributed by atoms with Crippen LogP contribution in [-0.4, -0.2) is 31.7 Å². The molecule has 140 valence electrons. The molecule has 1 aliphatic rings. The topological polar surface area (TPSA) is 66.5 Å². The van der Waals surface area contributed by atoms with Crippen molar-refractivity contribution in [3.05, 3.63) is 45.8 Å². The Kier molecular flexibility index (Phi) is 5.72. The Morgan fingerprint density at radius 2 is 2.04 bits per heavy atom. The molecule has 1 amide bonds. The van der Waals surface area contributed by atoms with E-state index in [9.17, 15) is 13.2 Å². The minimum atomic E-state index is -3.54. The highest BCUT2D eigenvalue weighted by molar-refractivity contribution is 7.91. The van der Waals surface area contributed by atoms with E-state index in [-0.39, 0.29) is 18.4 Å². The van der Waals surface area contributed by atoms with Gasteiger partial charge < -0.3 is 5.32 Å². The van der Waals surface area contributed by atoms with Crippen LogP contribution in [0.1, 0.15) is 23.3 Å². The number of sulfonamides is 1. The van der Waals surface area contributed by atoms with E-state index >= 15 is 0 Å². The van der Waals surface area contributed by atoms with Crippen LogP contribution in [-0.2, 0) is 14.8 Å². The molecule has 0 saturated carbocycles. The Morgan fingerprint density at radius 3 is 2.69 bits per heavy atom. The van der Waals surface area contributed by atoms with Crippen molar-refractivity contribution in [1.29, 1.82) is 0 Å². The molecule has 5 nitrogen and oxygen atoms in total. The Hall–Kier alpha value is -1.41. The molecule has 2 aromatic rings. The van der Waals surface area contributed by atoms with Crippen molar-refractivity contribution in [3.63, 3.8) is 0 Å². The number of nitrogens with zero attached hydrogens (tertiary/aromatic N) is 1. The van der Waals surface area contributed by atoms with Crippen LogP contribution in [0.2, 0.25) is 5.02 Å². The first-order chi connectivity index (χ1) is 12.3. The number of benzene rings is 1. The van der Waals surface area contributed by atoms with Crippen molar-refractivity contribution in [2.24, 2.45) is 5.92 Å². The molecule has 8 heteroatoms. The zero-order chi connectivity index (χ0) is 18.9. The van der Waals surface area contributed by atoms with Crippen LogP contribution in [0.4, 0.5) is 5.69 Å². The maximum Gasteiger partial charge on any atom is 0.252 e. The number of carbonyl (C=O) groups excluding carboxylic acids is 1. The molecule has 0 aliphatic carbocycles. The third kappa shape index (κ3) is 4.11. The molecule has 1 N–H and O–H groups in total. The van der Waals surface area contributed by atoms with Crippen LogP contribution in [0.25, 0.3) is 0 Å². The fourth-order valence-electron chi connectivity index (χ4n) is 2.97. The molecule has 1 atom stereocenters. The van der Waals surface area contributed by atoms with Gasteiger partial charge in [-0.05, 0) is 56.5 Å².